The van der Waals surface area contributed by atoms with Gasteiger partial charge >= 0.3 is 0 Å². The molecule has 0 heteroatoms. The average molecular weight is 150 g/mol. The van der Waals surface area contributed by atoms with Crippen molar-refractivity contribution in [3.63, 3.8) is 0 Å². The first-order valence-corrected chi connectivity index (χ1v) is 3.64. The van der Waals surface area contributed by atoms with Gasteiger partial charge in [-0.1, -0.05) is 11.5 Å². The fraction of sp³-hybridized carbons (Fsp3) is 0.167. The Labute approximate surface area is 71.5 Å². The smallest absolute Gasteiger partial charge is 0.0000226 e. The Hall–Kier alpha value is -2.02. The van der Waals surface area contributed by atoms with E-state index in [-0.39, 0.29) is 0 Å². The van der Waals surface area contributed by atoms with E-state index in [2.05, 4.69) is 45.8 Å². The summed E-state index contributed by atoms with van der Waals surface area (Å²) >= 11 is 0. The Kier molecular flexibility index (Phi) is 3.87. The highest BCUT2D eigenvalue weighted by Crippen LogP contribution is 1.89. The van der Waals surface area contributed by atoms with E-state index in [4.69, 9.17) is 0 Å². The van der Waals surface area contributed by atoms with E-state index in [1.165, 1.54) is 0 Å². The molecule has 12 heavy (non-hydrogen) atoms. The lowest BCUT2D eigenvalue weighted by Gasteiger charge is -1.76. The summed E-state index contributed by atoms with van der Waals surface area (Å²) in [4.78, 5) is 0. The quantitative estimate of drug-likeness (QED) is 0.465. The minimum Gasteiger partial charge on any atom is -0.0652 e. The molecule has 0 heterocycles. The highest BCUT2D eigenvalue weighted by Gasteiger charge is 1.71. The van der Waals surface area contributed by atoms with Crippen molar-refractivity contribution in [2.45, 2.75) is 12.8 Å². The van der Waals surface area contributed by atoms with Crippen molar-refractivity contribution in [2.75, 3.05) is 0 Å². The Morgan fingerprint density at radius 1 is 0.583 bits per heavy atom. The Morgan fingerprint density at radius 2 is 1.00 bits per heavy atom. The predicted octanol–water partition coefficient (Wildman–Crippen LogP) is 2.58. The number of rotatable bonds is 0. The first-order chi connectivity index (χ1) is 6.00. The Morgan fingerprint density at radius 3 is 1.50 bits per heavy atom. The van der Waals surface area contributed by atoms with Gasteiger partial charge in [0.05, 0.1) is 0 Å². The van der Waals surface area contributed by atoms with E-state index in [0.717, 1.165) is 12.8 Å². The van der Waals surface area contributed by atoms with Crippen LogP contribution >= 0.6 is 0 Å². The summed E-state index contributed by atoms with van der Waals surface area (Å²) in [5.41, 5.74) is 21.4. The molecule has 54 valence electrons. The van der Waals surface area contributed by atoms with Crippen molar-refractivity contribution >= 4 is 0 Å². The van der Waals surface area contributed by atoms with Gasteiger partial charge in [0.15, 0.2) is 0 Å². The van der Waals surface area contributed by atoms with Gasteiger partial charge in [0.2, 0.25) is 0 Å². The van der Waals surface area contributed by atoms with Crippen LogP contribution in [0.2, 0.25) is 0 Å². The zero-order valence-electron chi connectivity index (χ0n) is 6.57. The molecule has 1 rings (SSSR count). The van der Waals surface area contributed by atoms with Gasteiger partial charge in [-0.3, -0.25) is 0 Å². The van der Waals surface area contributed by atoms with Crippen LogP contribution in [0.1, 0.15) is 12.8 Å². The van der Waals surface area contributed by atoms with Crippen LogP contribution in [0.5, 0.6) is 0 Å². The maximum absolute atomic E-state index is 2.82. The maximum atomic E-state index is 2.82. The molecular formula is C12H6. The second kappa shape index (κ2) is 5.74. The van der Waals surface area contributed by atoms with E-state index >= 15 is 0 Å². The van der Waals surface area contributed by atoms with Crippen LogP contribution in [0.3, 0.4) is 0 Å². The SMILES string of the molecule is C1=C=C=C=C=CCCC=C=C=C=1. The molecule has 0 aliphatic heterocycles. The van der Waals surface area contributed by atoms with E-state index in [1.807, 2.05) is 12.2 Å². The number of hydrogen-bond acceptors (Lipinski definition) is 0. The average Bonchev–Trinajstić information content (AvgIpc) is 2.05. The number of hydrogen-bond donors (Lipinski definition) is 0. The molecule has 0 amide bonds. The van der Waals surface area contributed by atoms with Gasteiger partial charge in [0.25, 0.3) is 0 Å². The van der Waals surface area contributed by atoms with Crippen molar-refractivity contribution in [1.29, 1.82) is 0 Å². The van der Waals surface area contributed by atoms with E-state index in [1.54, 1.807) is 0 Å². The predicted molar refractivity (Wildman–Crippen MR) is 46.5 cm³/mol. The maximum Gasteiger partial charge on any atom is -0.0000226 e. The van der Waals surface area contributed by atoms with Crippen LogP contribution in [-0.2, 0) is 0 Å². The van der Waals surface area contributed by atoms with Gasteiger partial charge < -0.3 is 0 Å². The summed E-state index contributed by atoms with van der Waals surface area (Å²) in [5, 5.41) is 0. The highest BCUT2D eigenvalue weighted by molar-refractivity contribution is 4.94. The second-order valence-electron chi connectivity index (χ2n) is 2.02. The summed E-state index contributed by atoms with van der Waals surface area (Å²) in [6.45, 7) is 0. The van der Waals surface area contributed by atoms with Crippen LogP contribution in [0, 0.1) is 0 Å². The van der Waals surface area contributed by atoms with Gasteiger partial charge in [-0.2, -0.15) is 0 Å². The topological polar surface area (TPSA) is 0 Å². The molecule has 1 aliphatic rings. The van der Waals surface area contributed by atoms with Crippen molar-refractivity contribution < 1.29 is 0 Å². The third-order valence-corrected chi connectivity index (χ3v) is 1.12. The van der Waals surface area contributed by atoms with Crippen LogP contribution in [0.25, 0.3) is 0 Å². The van der Waals surface area contributed by atoms with Crippen molar-refractivity contribution in [3.05, 3.63) is 58.0 Å². The second-order valence-corrected chi connectivity index (χ2v) is 2.02. The third-order valence-electron chi connectivity index (χ3n) is 1.12. The lowest BCUT2D eigenvalue weighted by molar-refractivity contribution is 1.06. The van der Waals surface area contributed by atoms with Crippen molar-refractivity contribution in [1.82, 2.24) is 0 Å². The molecule has 0 saturated heterocycles. The Bertz CT molecular complexity index is 408. The molecule has 0 aromatic rings. The molecule has 0 radical (unpaired) electrons. The summed E-state index contributed by atoms with van der Waals surface area (Å²) in [7, 11) is 0. The van der Waals surface area contributed by atoms with Crippen LogP contribution in [0.15, 0.2) is 58.0 Å². The van der Waals surface area contributed by atoms with E-state index < -0.39 is 0 Å². The number of allylic oxidation sites excluding steroid dienone is 2. The first kappa shape index (κ1) is 8.08. The minimum atomic E-state index is 0.927. The lowest BCUT2D eigenvalue weighted by atomic mass is 10.3. The standard InChI is InChI=1S/C12H6/c1-2-4-6-8-10-12-11-9-7-5-3-1/h1,6H,2,4H2. The van der Waals surface area contributed by atoms with Gasteiger partial charge in [-0.15, -0.1) is 0 Å². The van der Waals surface area contributed by atoms with Gasteiger partial charge in [0, 0.05) is 0 Å². The zero-order chi connectivity index (χ0) is 8.49. The Balaban J connectivity index is 3.36. The minimum absolute atomic E-state index is 0.927. The fourth-order valence-electron chi connectivity index (χ4n) is 0.610. The molecule has 0 nitrogen and oxygen atoms in total. The first-order valence-electron chi connectivity index (χ1n) is 3.64. The summed E-state index contributed by atoms with van der Waals surface area (Å²) in [6, 6.07) is 0. The van der Waals surface area contributed by atoms with Crippen LogP contribution in [0.4, 0.5) is 0 Å². The van der Waals surface area contributed by atoms with Crippen molar-refractivity contribution in [3.8, 4) is 0 Å². The molecule has 1 aliphatic carbocycles. The van der Waals surface area contributed by atoms with Gasteiger partial charge in [-0.05, 0) is 59.4 Å². The molecular weight excluding hydrogens is 144 g/mol. The molecule has 0 N–H and O–H groups in total. The molecule has 0 aromatic carbocycles. The fourth-order valence-corrected chi connectivity index (χ4v) is 0.610. The molecule has 0 atom stereocenters. The monoisotopic (exact) mass is 150 g/mol. The third kappa shape index (κ3) is 3.90. The highest BCUT2D eigenvalue weighted by atomic mass is 13.7. The summed E-state index contributed by atoms with van der Waals surface area (Å²) in [5.74, 6) is 0. The lowest BCUT2D eigenvalue weighted by Crippen LogP contribution is -1.58. The van der Waals surface area contributed by atoms with Gasteiger partial charge in [-0.25, -0.2) is 0 Å². The molecule has 0 spiro atoms. The summed E-state index contributed by atoms with van der Waals surface area (Å²) < 4.78 is 0. The largest absolute Gasteiger partial charge is 0.0652 e. The van der Waals surface area contributed by atoms with Crippen molar-refractivity contribution in [2.24, 2.45) is 0 Å². The van der Waals surface area contributed by atoms with E-state index in [9.17, 15) is 0 Å². The van der Waals surface area contributed by atoms with Gasteiger partial charge in [0.1, 0.15) is 0 Å². The van der Waals surface area contributed by atoms with E-state index in [0.29, 0.717) is 0 Å². The molecule has 0 unspecified atom stereocenters. The zero-order valence-corrected chi connectivity index (χ0v) is 6.57. The molecule has 0 saturated carbocycles. The van der Waals surface area contributed by atoms with Crippen LogP contribution in [-0.4, -0.2) is 0 Å². The van der Waals surface area contributed by atoms with Crippen LogP contribution < -0.4 is 0 Å². The molecule has 0 fully saturated rings. The normalized spacial score (nSPS) is 12.0. The summed E-state index contributed by atoms with van der Waals surface area (Å²) in [6.07, 6.45) is 5.64. The molecule has 0 bridgehead atoms. The molecule has 0 aromatic heterocycles.